The maximum absolute atomic E-state index is 12.3. The molecule has 1 fully saturated rings. The van der Waals surface area contributed by atoms with Crippen LogP contribution < -0.4 is 10.0 Å². The first-order valence-corrected chi connectivity index (χ1v) is 9.37. The lowest BCUT2D eigenvalue weighted by Gasteiger charge is -2.11. The molecule has 1 aromatic heterocycles. The number of furan rings is 1. The zero-order chi connectivity index (χ0) is 15.5. The predicted octanol–water partition coefficient (Wildman–Crippen LogP) is 1.38. The van der Waals surface area contributed by atoms with E-state index in [4.69, 9.17) is 4.42 Å². The number of likely N-dealkylation sites (tertiary alicyclic amines) is 1. The first kappa shape index (κ1) is 17.0. The van der Waals surface area contributed by atoms with Crippen molar-refractivity contribution in [1.82, 2.24) is 14.9 Å². The summed E-state index contributed by atoms with van der Waals surface area (Å²) < 4.78 is 33.0. The van der Waals surface area contributed by atoms with Crippen LogP contribution in [0.3, 0.4) is 0 Å². The smallest absolute Gasteiger partial charge is 0.244 e. The molecule has 1 aromatic rings. The zero-order valence-corrected chi connectivity index (χ0v) is 14.8. The van der Waals surface area contributed by atoms with E-state index in [-0.39, 0.29) is 9.56 Å². The van der Waals surface area contributed by atoms with Gasteiger partial charge in [0.05, 0.1) is 6.54 Å². The lowest BCUT2D eigenvalue weighted by molar-refractivity contribution is 0.394. The average Bonchev–Trinajstić information content (AvgIpc) is 3.00. The Hall–Kier alpha value is -0.410. The molecule has 0 aliphatic carbocycles. The third-order valence-corrected chi connectivity index (χ3v) is 5.88. The molecular formula is C13H22BrN3O3S. The minimum atomic E-state index is -3.54. The summed E-state index contributed by atoms with van der Waals surface area (Å²) in [5, 5.41) is 3.10. The van der Waals surface area contributed by atoms with E-state index >= 15 is 0 Å². The molecule has 1 atom stereocenters. The van der Waals surface area contributed by atoms with E-state index in [0.717, 1.165) is 26.1 Å². The summed E-state index contributed by atoms with van der Waals surface area (Å²) in [5.41, 5.74) is 0. The van der Waals surface area contributed by atoms with Gasteiger partial charge in [-0.2, -0.15) is 0 Å². The van der Waals surface area contributed by atoms with Crippen LogP contribution in [0.5, 0.6) is 0 Å². The lowest BCUT2D eigenvalue weighted by Crippen LogP contribution is -2.30. The molecule has 0 radical (unpaired) electrons. The van der Waals surface area contributed by atoms with Crippen LogP contribution in [0.15, 0.2) is 20.0 Å². The molecule has 6 nitrogen and oxygen atoms in total. The van der Waals surface area contributed by atoms with Gasteiger partial charge < -0.3 is 14.6 Å². The maximum atomic E-state index is 12.3. The highest BCUT2D eigenvalue weighted by Gasteiger charge is 2.25. The molecule has 0 aromatic carbocycles. The van der Waals surface area contributed by atoms with Crippen molar-refractivity contribution >= 4 is 26.0 Å². The molecule has 1 aliphatic heterocycles. The van der Waals surface area contributed by atoms with E-state index < -0.39 is 10.0 Å². The molecule has 2 N–H and O–H groups in total. The molecule has 2 rings (SSSR count). The number of halogens is 1. The van der Waals surface area contributed by atoms with Gasteiger partial charge in [0.1, 0.15) is 10.7 Å². The predicted molar refractivity (Wildman–Crippen MR) is 84.6 cm³/mol. The number of hydrogen-bond donors (Lipinski definition) is 2. The molecule has 1 saturated heterocycles. The van der Waals surface area contributed by atoms with E-state index in [1.807, 2.05) is 14.0 Å². The topological polar surface area (TPSA) is 74.6 Å². The van der Waals surface area contributed by atoms with Crippen LogP contribution in [0.2, 0.25) is 0 Å². The number of nitrogens with one attached hydrogen (secondary N) is 2. The van der Waals surface area contributed by atoms with E-state index in [9.17, 15) is 8.42 Å². The highest BCUT2D eigenvalue weighted by atomic mass is 79.9. The van der Waals surface area contributed by atoms with Gasteiger partial charge >= 0.3 is 0 Å². The van der Waals surface area contributed by atoms with Gasteiger partial charge in [0.25, 0.3) is 0 Å². The highest BCUT2D eigenvalue weighted by Crippen LogP contribution is 2.26. The monoisotopic (exact) mass is 379 g/mol. The second kappa shape index (κ2) is 7.23. The molecule has 0 bridgehead atoms. The van der Waals surface area contributed by atoms with Crippen molar-refractivity contribution in [3.05, 3.63) is 16.5 Å². The molecule has 2 heterocycles. The fourth-order valence-electron chi connectivity index (χ4n) is 2.41. The normalized spacial score (nSPS) is 20.2. The summed E-state index contributed by atoms with van der Waals surface area (Å²) in [4.78, 5) is 2.38. The first-order valence-electron chi connectivity index (χ1n) is 7.09. The van der Waals surface area contributed by atoms with Crippen molar-refractivity contribution in [1.29, 1.82) is 0 Å². The Labute approximate surface area is 134 Å². The van der Waals surface area contributed by atoms with Crippen LogP contribution in [0.1, 0.15) is 19.1 Å². The summed E-state index contributed by atoms with van der Waals surface area (Å²) in [6.07, 6.45) is 1.03. The van der Waals surface area contributed by atoms with E-state index in [1.54, 1.807) is 6.07 Å². The van der Waals surface area contributed by atoms with Gasteiger partial charge in [0, 0.05) is 19.2 Å². The molecule has 8 heteroatoms. The number of hydrogen-bond acceptors (Lipinski definition) is 5. The van der Waals surface area contributed by atoms with Crippen LogP contribution in [0, 0.1) is 5.92 Å². The standard InChI is InChI=1S/C13H22BrN3O3S/c1-3-15-8-11-6-12(13(14)20-11)21(18,19)16-7-10-4-5-17(2)9-10/h6,10,15-16H,3-5,7-9H2,1-2H3. The second-order valence-electron chi connectivity index (χ2n) is 5.40. The minimum Gasteiger partial charge on any atom is -0.452 e. The molecular weight excluding hydrogens is 358 g/mol. The second-order valence-corrected chi connectivity index (χ2v) is 7.86. The SMILES string of the molecule is CCNCc1cc(S(=O)(=O)NCC2CCN(C)C2)c(Br)o1. The summed E-state index contributed by atoms with van der Waals surface area (Å²) in [6, 6.07) is 1.57. The third-order valence-electron chi connectivity index (χ3n) is 3.60. The Morgan fingerprint density at radius 1 is 1.52 bits per heavy atom. The molecule has 21 heavy (non-hydrogen) atoms. The van der Waals surface area contributed by atoms with Crippen molar-refractivity contribution in [2.45, 2.75) is 24.8 Å². The van der Waals surface area contributed by atoms with E-state index in [2.05, 4.69) is 30.9 Å². The molecule has 0 amide bonds. The minimum absolute atomic E-state index is 0.168. The van der Waals surface area contributed by atoms with Gasteiger partial charge in [-0.15, -0.1) is 0 Å². The highest BCUT2D eigenvalue weighted by molar-refractivity contribution is 9.10. The van der Waals surface area contributed by atoms with Crippen molar-refractivity contribution in [2.24, 2.45) is 5.92 Å². The lowest BCUT2D eigenvalue weighted by atomic mass is 10.1. The Kier molecular flexibility index (Phi) is 5.84. The van der Waals surface area contributed by atoms with Crippen LogP contribution in [0.4, 0.5) is 0 Å². The summed E-state index contributed by atoms with van der Waals surface area (Å²) in [6.45, 7) is 5.71. The number of nitrogens with zero attached hydrogens (tertiary/aromatic N) is 1. The van der Waals surface area contributed by atoms with Crippen molar-refractivity contribution in [2.75, 3.05) is 33.2 Å². The largest absolute Gasteiger partial charge is 0.452 e. The Balaban J connectivity index is 2.00. The molecule has 1 aliphatic rings. The molecule has 0 spiro atoms. The first-order chi connectivity index (χ1) is 9.92. The number of sulfonamides is 1. The van der Waals surface area contributed by atoms with Crippen LogP contribution in [-0.2, 0) is 16.6 Å². The fraction of sp³-hybridized carbons (Fsp3) is 0.692. The van der Waals surface area contributed by atoms with Gasteiger partial charge in [0.15, 0.2) is 4.67 Å². The van der Waals surface area contributed by atoms with Crippen LogP contribution in [0.25, 0.3) is 0 Å². The van der Waals surface area contributed by atoms with Gasteiger partial charge in [0.2, 0.25) is 10.0 Å². The molecule has 120 valence electrons. The Morgan fingerprint density at radius 3 is 2.90 bits per heavy atom. The van der Waals surface area contributed by atoms with E-state index in [0.29, 0.717) is 24.8 Å². The van der Waals surface area contributed by atoms with Crippen molar-refractivity contribution in [3.63, 3.8) is 0 Å². The molecule has 0 saturated carbocycles. The van der Waals surface area contributed by atoms with Crippen LogP contribution in [-0.4, -0.2) is 46.5 Å². The fourth-order valence-corrected chi connectivity index (χ4v) is 4.53. The van der Waals surface area contributed by atoms with Gasteiger partial charge in [-0.1, -0.05) is 6.92 Å². The Bertz CT molecular complexity index is 573. The summed E-state index contributed by atoms with van der Waals surface area (Å²) >= 11 is 3.19. The Morgan fingerprint density at radius 2 is 2.29 bits per heavy atom. The third kappa shape index (κ3) is 4.53. The van der Waals surface area contributed by atoms with Gasteiger partial charge in [-0.05, 0) is 48.4 Å². The summed E-state index contributed by atoms with van der Waals surface area (Å²) in [5.74, 6) is 0.973. The zero-order valence-electron chi connectivity index (χ0n) is 12.4. The quantitative estimate of drug-likeness (QED) is 0.748. The maximum Gasteiger partial charge on any atom is 0.244 e. The van der Waals surface area contributed by atoms with Gasteiger partial charge in [-0.3, -0.25) is 0 Å². The van der Waals surface area contributed by atoms with Crippen molar-refractivity contribution in [3.8, 4) is 0 Å². The average molecular weight is 380 g/mol. The van der Waals surface area contributed by atoms with Crippen LogP contribution >= 0.6 is 15.9 Å². The molecule has 1 unspecified atom stereocenters. The van der Waals surface area contributed by atoms with Crippen molar-refractivity contribution < 1.29 is 12.8 Å². The van der Waals surface area contributed by atoms with Gasteiger partial charge in [-0.25, -0.2) is 13.1 Å². The summed E-state index contributed by atoms with van der Waals surface area (Å²) in [7, 11) is -1.49. The number of rotatable bonds is 7. The van der Waals surface area contributed by atoms with E-state index in [1.165, 1.54) is 0 Å².